The monoisotopic (exact) mass is 318 g/mol. The predicted molar refractivity (Wildman–Crippen MR) is 81.4 cm³/mol. The van der Waals surface area contributed by atoms with Crippen LogP contribution in [0.5, 0.6) is 0 Å². The zero-order valence-corrected chi connectivity index (χ0v) is 12.6. The molecule has 2 rings (SSSR count). The lowest BCUT2D eigenvalue weighted by molar-refractivity contribution is -0.140. The minimum absolute atomic E-state index is 0.0311. The highest BCUT2D eigenvalue weighted by Gasteiger charge is 2.41. The lowest BCUT2D eigenvalue weighted by atomic mass is 9.97. The number of esters is 1. The zero-order chi connectivity index (χ0) is 16.9. The molecule has 0 saturated carbocycles. The third kappa shape index (κ3) is 4.22. The molecule has 120 valence electrons. The number of carbonyl (C=O) groups excluding carboxylic acids is 2. The lowest BCUT2D eigenvalue weighted by Gasteiger charge is -2.16. The number of benzene rings is 2. The van der Waals surface area contributed by atoms with E-state index in [4.69, 9.17) is 4.74 Å². The fourth-order valence-corrected chi connectivity index (χ4v) is 2.10. The van der Waals surface area contributed by atoms with Crippen molar-refractivity contribution in [2.24, 2.45) is 0 Å². The van der Waals surface area contributed by atoms with Crippen molar-refractivity contribution in [1.82, 2.24) is 0 Å². The van der Waals surface area contributed by atoms with Gasteiger partial charge in [0.25, 0.3) is 0 Å². The van der Waals surface area contributed by atoms with Crippen LogP contribution in [0.2, 0.25) is 0 Å². The van der Waals surface area contributed by atoms with Gasteiger partial charge in [-0.05, 0) is 5.56 Å². The summed E-state index contributed by atoms with van der Waals surface area (Å²) in [4.78, 5) is 22.7. The van der Waals surface area contributed by atoms with Crippen molar-refractivity contribution >= 4 is 11.8 Å². The minimum atomic E-state index is -3.59. The summed E-state index contributed by atoms with van der Waals surface area (Å²) in [6, 6.07) is 12.9. The minimum Gasteiger partial charge on any atom is -0.466 e. The second-order valence-corrected chi connectivity index (χ2v) is 5.06. The summed E-state index contributed by atoms with van der Waals surface area (Å²) in [6.07, 6.45) is 0.429. The van der Waals surface area contributed by atoms with Crippen LogP contribution in [-0.2, 0) is 21.9 Å². The Morgan fingerprint density at radius 3 is 2.17 bits per heavy atom. The van der Waals surface area contributed by atoms with Gasteiger partial charge in [0.05, 0.1) is 6.61 Å². The lowest BCUT2D eigenvalue weighted by Crippen LogP contribution is -2.26. The van der Waals surface area contributed by atoms with Crippen LogP contribution in [0.25, 0.3) is 0 Å². The largest absolute Gasteiger partial charge is 0.466 e. The molecule has 23 heavy (non-hydrogen) atoms. The molecule has 0 atom stereocenters. The summed E-state index contributed by atoms with van der Waals surface area (Å²) in [5, 5.41) is 0. The van der Waals surface area contributed by atoms with Gasteiger partial charge in [-0.2, -0.15) is 8.78 Å². The van der Waals surface area contributed by atoms with E-state index in [1.165, 1.54) is 43.3 Å². The molecular weight excluding hydrogens is 302 g/mol. The van der Waals surface area contributed by atoms with Gasteiger partial charge in [-0.3, -0.25) is 9.59 Å². The van der Waals surface area contributed by atoms with Gasteiger partial charge in [0.1, 0.15) is 0 Å². The maximum Gasteiger partial charge on any atom is 0.334 e. The molecule has 2 aromatic carbocycles. The number of Topliss-reactive ketones (excluding diaryl/α,β-unsaturated/α-hetero) is 1. The van der Waals surface area contributed by atoms with Gasteiger partial charge in [0.15, 0.2) is 0 Å². The van der Waals surface area contributed by atoms with Crippen molar-refractivity contribution in [3.8, 4) is 0 Å². The number of rotatable bonds is 6. The first-order chi connectivity index (χ1) is 10.9. The zero-order valence-electron chi connectivity index (χ0n) is 12.6. The van der Waals surface area contributed by atoms with Crippen LogP contribution in [0.1, 0.15) is 28.4 Å². The van der Waals surface area contributed by atoms with Crippen LogP contribution < -0.4 is 0 Å². The predicted octanol–water partition coefficient (Wildman–Crippen LogP) is 3.77. The molecule has 0 aromatic heterocycles. The summed E-state index contributed by atoms with van der Waals surface area (Å²) in [6.45, 7) is 1.49. The van der Waals surface area contributed by atoms with Crippen LogP contribution in [0.15, 0.2) is 54.6 Å². The van der Waals surface area contributed by atoms with Crippen molar-refractivity contribution in [1.29, 1.82) is 0 Å². The summed E-state index contributed by atoms with van der Waals surface area (Å²) >= 11 is 0. The van der Waals surface area contributed by atoms with Gasteiger partial charge in [0.2, 0.25) is 5.78 Å². The van der Waals surface area contributed by atoms with Crippen molar-refractivity contribution in [2.45, 2.75) is 19.3 Å². The molecule has 0 heterocycles. The first kappa shape index (κ1) is 16.8. The summed E-state index contributed by atoms with van der Waals surface area (Å²) in [7, 11) is 0. The molecule has 0 radical (unpaired) electrons. The molecule has 0 aliphatic carbocycles. The molecule has 0 saturated heterocycles. The van der Waals surface area contributed by atoms with Crippen LogP contribution >= 0.6 is 0 Å². The molecule has 0 amide bonds. The third-order valence-electron chi connectivity index (χ3n) is 3.33. The normalized spacial score (nSPS) is 11.1. The number of alkyl halides is 2. The molecule has 5 heteroatoms. The molecule has 0 fully saturated rings. The molecule has 0 aliphatic heterocycles. The van der Waals surface area contributed by atoms with E-state index in [1.54, 1.807) is 18.2 Å². The van der Waals surface area contributed by atoms with Crippen LogP contribution in [0.3, 0.4) is 0 Å². The van der Waals surface area contributed by atoms with E-state index in [1.807, 2.05) is 0 Å². The van der Waals surface area contributed by atoms with Gasteiger partial charge < -0.3 is 4.74 Å². The summed E-state index contributed by atoms with van der Waals surface area (Å²) in [5.74, 6) is -5.21. The Hall–Kier alpha value is -2.56. The maximum atomic E-state index is 14.3. The van der Waals surface area contributed by atoms with E-state index in [0.29, 0.717) is 6.42 Å². The van der Waals surface area contributed by atoms with Gasteiger partial charge in [-0.1, -0.05) is 54.6 Å². The number of hydrogen-bond acceptors (Lipinski definition) is 3. The molecule has 0 N–H and O–H groups in total. The second kappa shape index (κ2) is 7.13. The number of hydrogen-bond donors (Lipinski definition) is 0. The van der Waals surface area contributed by atoms with Crippen LogP contribution in [-0.4, -0.2) is 18.4 Å². The molecule has 0 aliphatic rings. The standard InChI is InChI=1S/C18H16F2O3/c1-13(21)23-12-11-14-7-9-16(10-8-14)18(19,20)17(22)15-5-3-2-4-6-15/h2-10H,11-12H2,1H3. The molecular formula is C18H16F2O3. The Kier molecular flexibility index (Phi) is 5.21. The van der Waals surface area contributed by atoms with Gasteiger partial charge >= 0.3 is 11.9 Å². The highest BCUT2D eigenvalue weighted by atomic mass is 19.3. The van der Waals surface area contributed by atoms with Gasteiger partial charge in [-0.15, -0.1) is 0 Å². The van der Waals surface area contributed by atoms with Gasteiger partial charge in [-0.25, -0.2) is 0 Å². The average Bonchev–Trinajstić information content (AvgIpc) is 2.55. The smallest absolute Gasteiger partial charge is 0.334 e. The van der Waals surface area contributed by atoms with E-state index in [-0.39, 0.29) is 23.7 Å². The molecule has 0 unspecified atom stereocenters. The Bertz CT molecular complexity index is 679. The van der Waals surface area contributed by atoms with E-state index < -0.39 is 11.7 Å². The van der Waals surface area contributed by atoms with E-state index >= 15 is 0 Å². The fourth-order valence-electron chi connectivity index (χ4n) is 2.10. The number of ether oxygens (including phenoxy) is 1. The SMILES string of the molecule is CC(=O)OCCc1ccc(C(F)(F)C(=O)c2ccccc2)cc1. The average molecular weight is 318 g/mol. The van der Waals surface area contributed by atoms with Crippen molar-refractivity contribution < 1.29 is 23.1 Å². The Morgan fingerprint density at radius 1 is 1.00 bits per heavy atom. The Morgan fingerprint density at radius 2 is 1.61 bits per heavy atom. The van der Waals surface area contributed by atoms with E-state index in [2.05, 4.69) is 0 Å². The maximum absolute atomic E-state index is 14.3. The van der Waals surface area contributed by atoms with Crippen LogP contribution in [0.4, 0.5) is 8.78 Å². The molecule has 0 bridgehead atoms. The number of ketones is 1. The van der Waals surface area contributed by atoms with E-state index in [0.717, 1.165) is 5.56 Å². The van der Waals surface area contributed by atoms with Gasteiger partial charge in [0, 0.05) is 24.5 Å². The number of halogens is 2. The highest BCUT2D eigenvalue weighted by molar-refractivity contribution is 6.01. The summed E-state index contributed by atoms with van der Waals surface area (Å²) < 4.78 is 33.4. The van der Waals surface area contributed by atoms with Crippen LogP contribution in [0, 0.1) is 0 Å². The van der Waals surface area contributed by atoms with Crippen molar-refractivity contribution in [2.75, 3.05) is 6.61 Å². The highest BCUT2D eigenvalue weighted by Crippen LogP contribution is 2.32. The third-order valence-corrected chi connectivity index (χ3v) is 3.33. The van der Waals surface area contributed by atoms with Crippen molar-refractivity contribution in [3.05, 3.63) is 71.3 Å². The second-order valence-electron chi connectivity index (χ2n) is 5.06. The topological polar surface area (TPSA) is 43.4 Å². The molecule has 0 spiro atoms. The number of carbonyl (C=O) groups is 2. The van der Waals surface area contributed by atoms with E-state index in [9.17, 15) is 18.4 Å². The Labute approximate surface area is 132 Å². The van der Waals surface area contributed by atoms with Crippen molar-refractivity contribution in [3.63, 3.8) is 0 Å². The molecule has 3 nitrogen and oxygen atoms in total. The first-order valence-electron chi connectivity index (χ1n) is 7.11. The Balaban J connectivity index is 2.11. The quantitative estimate of drug-likeness (QED) is 0.601. The molecule has 2 aromatic rings. The fraction of sp³-hybridized carbons (Fsp3) is 0.222. The summed E-state index contributed by atoms with van der Waals surface area (Å²) in [5.41, 5.74) is 0.358. The first-order valence-corrected chi connectivity index (χ1v) is 7.11.